The molecule has 1 saturated heterocycles. The summed E-state index contributed by atoms with van der Waals surface area (Å²) in [6.45, 7) is 5.01. The Morgan fingerprint density at radius 2 is 1.86 bits per heavy atom. The molecule has 2 N–H and O–H groups in total. The zero-order chi connectivity index (χ0) is 25.7. The van der Waals surface area contributed by atoms with Crippen LogP contribution < -0.4 is 24.8 Å². The summed E-state index contributed by atoms with van der Waals surface area (Å²) in [7, 11) is 1.55. The summed E-state index contributed by atoms with van der Waals surface area (Å²) in [6.07, 6.45) is 4.98. The van der Waals surface area contributed by atoms with Gasteiger partial charge in [0.1, 0.15) is 5.75 Å². The number of amides is 3. The molecule has 0 saturated carbocycles. The van der Waals surface area contributed by atoms with Gasteiger partial charge < -0.3 is 24.8 Å². The number of likely N-dealkylation sites (tertiary alicyclic amines) is 1. The molecular formula is C26H29FN4O5. The lowest BCUT2D eigenvalue weighted by molar-refractivity contribution is -0.115. The van der Waals surface area contributed by atoms with E-state index < -0.39 is 17.8 Å². The van der Waals surface area contributed by atoms with Crippen LogP contribution in [0.1, 0.15) is 26.2 Å². The van der Waals surface area contributed by atoms with Crippen molar-refractivity contribution in [1.82, 2.24) is 9.88 Å². The van der Waals surface area contributed by atoms with Crippen LogP contribution in [0, 0.1) is 5.82 Å². The third-order valence-corrected chi connectivity index (χ3v) is 5.99. The molecule has 1 aliphatic rings. The molecule has 1 aromatic heterocycles. The van der Waals surface area contributed by atoms with Crippen LogP contribution >= 0.6 is 0 Å². The number of rotatable bonds is 9. The fourth-order valence-corrected chi connectivity index (χ4v) is 4.26. The standard InChI is InChI=1S/C26H29FN4O5/c1-17(32)31(26(28)33)18-6-7-23(20(27)14-18)36-22-8-9-29-21-16-25(24(34-2)15-19(21)22)35-13-5-12-30-10-3-4-11-30/h6-9,14-16H,3-5,10-13H2,1-2H3,(H2,28,33). The van der Waals surface area contributed by atoms with Gasteiger partial charge in [0.05, 0.1) is 24.9 Å². The van der Waals surface area contributed by atoms with Gasteiger partial charge in [-0.25, -0.2) is 14.1 Å². The van der Waals surface area contributed by atoms with E-state index in [1.54, 1.807) is 31.5 Å². The number of imide groups is 1. The smallest absolute Gasteiger partial charge is 0.326 e. The average molecular weight is 497 g/mol. The van der Waals surface area contributed by atoms with E-state index in [0.717, 1.165) is 39.0 Å². The molecule has 4 rings (SSSR count). The molecule has 0 unspecified atom stereocenters. The van der Waals surface area contributed by atoms with Crippen LogP contribution in [-0.4, -0.2) is 55.2 Å². The number of nitrogens with zero attached hydrogens (tertiary/aromatic N) is 3. The number of anilines is 1. The predicted octanol–water partition coefficient (Wildman–Crippen LogP) is 4.47. The second-order valence-electron chi connectivity index (χ2n) is 8.49. The largest absolute Gasteiger partial charge is 0.493 e. The van der Waals surface area contributed by atoms with Crippen LogP contribution in [0.15, 0.2) is 42.6 Å². The van der Waals surface area contributed by atoms with Crippen molar-refractivity contribution in [2.45, 2.75) is 26.2 Å². The number of urea groups is 1. The molecule has 3 amide bonds. The van der Waals surface area contributed by atoms with E-state index in [0.29, 0.717) is 39.7 Å². The van der Waals surface area contributed by atoms with Crippen molar-refractivity contribution in [3.8, 4) is 23.0 Å². The number of carbonyl (C=O) groups excluding carboxylic acids is 2. The van der Waals surface area contributed by atoms with Crippen LogP contribution in [0.5, 0.6) is 23.0 Å². The summed E-state index contributed by atoms with van der Waals surface area (Å²) in [5, 5.41) is 0.602. The molecule has 2 heterocycles. The van der Waals surface area contributed by atoms with E-state index in [1.165, 1.54) is 25.0 Å². The summed E-state index contributed by atoms with van der Waals surface area (Å²) < 4.78 is 32.2. The molecule has 0 aliphatic carbocycles. The Morgan fingerprint density at radius 1 is 1.08 bits per heavy atom. The summed E-state index contributed by atoms with van der Waals surface area (Å²) in [4.78, 5) is 30.7. The highest BCUT2D eigenvalue weighted by atomic mass is 19.1. The van der Waals surface area contributed by atoms with Crippen molar-refractivity contribution in [3.63, 3.8) is 0 Å². The maximum absolute atomic E-state index is 14.8. The highest BCUT2D eigenvalue weighted by Crippen LogP contribution is 2.38. The second-order valence-corrected chi connectivity index (χ2v) is 8.49. The zero-order valence-corrected chi connectivity index (χ0v) is 20.3. The van der Waals surface area contributed by atoms with Gasteiger partial charge in [0, 0.05) is 37.2 Å². The van der Waals surface area contributed by atoms with Crippen LogP contribution in [-0.2, 0) is 4.79 Å². The highest BCUT2D eigenvalue weighted by molar-refractivity contribution is 6.12. The molecule has 1 fully saturated rings. The van der Waals surface area contributed by atoms with Gasteiger partial charge >= 0.3 is 6.03 Å². The quantitative estimate of drug-likeness (QED) is 0.436. The van der Waals surface area contributed by atoms with E-state index in [1.807, 2.05) is 0 Å². The molecule has 190 valence electrons. The fraction of sp³-hybridized carbons (Fsp3) is 0.346. The molecular weight excluding hydrogens is 467 g/mol. The van der Waals surface area contributed by atoms with Gasteiger partial charge in [-0.15, -0.1) is 0 Å². The van der Waals surface area contributed by atoms with Crippen LogP contribution in [0.25, 0.3) is 10.9 Å². The Hall–Kier alpha value is -3.92. The minimum absolute atomic E-state index is 0.00706. The second kappa shape index (κ2) is 11.2. The Labute approximate surface area is 208 Å². The van der Waals surface area contributed by atoms with E-state index in [-0.39, 0.29) is 11.4 Å². The molecule has 36 heavy (non-hydrogen) atoms. The van der Waals surface area contributed by atoms with Crippen molar-refractivity contribution in [2.24, 2.45) is 5.73 Å². The van der Waals surface area contributed by atoms with Crippen LogP contribution in [0.2, 0.25) is 0 Å². The lowest BCUT2D eigenvalue weighted by atomic mass is 10.1. The summed E-state index contributed by atoms with van der Waals surface area (Å²) >= 11 is 0. The highest BCUT2D eigenvalue weighted by Gasteiger charge is 2.20. The van der Waals surface area contributed by atoms with Crippen molar-refractivity contribution >= 4 is 28.5 Å². The van der Waals surface area contributed by atoms with Crippen molar-refractivity contribution in [3.05, 3.63) is 48.4 Å². The van der Waals surface area contributed by atoms with Crippen LogP contribution in [0.3, 0.4) is 0 Å². The molecule has 1 aliphatic heterocycles. The van der Waals surface area contributed by atoms with Crippen molar-refractivity contribution in [1.29, 1.82) is 0 Å². The first-order valence-electron chi connectivity index (χ1n) is 11.8. The van der Waals surface area contributed by atoms with E-state index in [2.05, 4.69) is 9.88 Å². The molecule has 2 aromatic carbocycles. The summed E-state index contributed by atoms with van der Waals surface area (Å²) in [5.74, 6) is -0.0608. The zero-order valence-electron chi connectivity index (χ0n) is 20.3. The number of nitrogens with two attached hydrogens (primary N) is 1. The SMILES string of the molecule is COc1cc2c(Oc3ccc(N(C(C)=O)C(N)=O)cc3F)ccnc2cc1OCCCN1CCCC1. The molecule has 0 atom stereocenters. The minimum Gasteiger partial charge on any atom is -0.493 e. The van der Waals surface area contributed by atoms with E-state index in [9.17, 15) is 14.0 Å². The maximum Gasteiger partial charge on any atom is 0.326 e. The first-order valence-corrected chi connectivity index (χ1v) is 11.8. The van der Waals surface area contributed by atoms with E-state index in [4.69, 9.17) is 19.9 Å². The Kier molecular flexibility index (Phi) is 7.84. The molecule has 9 nitrogen and oxygen atoms in total. The number of halogens is 1. The number of fused-ring (bicyclic) bond motifs is 1. The Bertz CT molecular complexity index is 1250. The Morgan fingerprint density at radius 3 is 2.53 bits per heavy atom. The number of hydrogen-bond acceptors (Lipinski definition) is 7. The van der Waals surface area contributed by atoms with Gasteiger partial charge in [-0.05, 0) is 56.6 Å². The molecule has 10 heteroatoms. The molecule has 0 spiro atoms. The number of aromatic nitrogens is 1. The number of methoxy groups -OCH3 is 1. The van der Waals surface area contributed by atoms with Crippen LogP contribution in [0.4, 0.5) is 14.9 Å². The van der Waals surface area contributed by atoms with Gasteiger partial charge in [-0.3, -0.25) is 9.78 Å². The number of ether oxygens (including phenoxy) is 3. The number of primary amides is 1. The third-order valence-electron chi connectivity index (χ3n) is 5.99. The number of pyridine rings is 1. The molecule has 0 radical (unpaired) electrons. The molecule has 3 aromatic rings. The Balaban J connectivity index is 1.53. The van der Waals surface area contributed by atoms with Gasteiger partial charge in [0.25, 0.3) is 0 Å². The predicted molar refractivity (Wildman–Crippen MR) is 133 cm³/mol. The summed E-state index contributed by atoms with van der Waals surface area (Å²) in [6, 6.07) is 7.83. The van der Waals surface area contributed by atoms with Crippen molar-refractivity contribution < 1.29 is 28.2 Å². The van der Waals surface area contributed by atoms with E-state index >= 15 is 0 Å². The lowest BCUT2D eigenvalue weighted by Crippen LogP contribution is -2.39. The first kappa shape index (κ1) is 25.2. The normalized spacial score (nSPS) is 13.5. The number of hydrogen-bond donors (Lipinski definition) is 1. The third kappa shape index (κ3) is 5.65. The minimum atomic E-state index is -1.00. The van der Waals surface area contributed by atoms with Gasteiger partial charge in [0.2, 0.25) is 5.91 Å². The maximum atomic E-state index is 14.8. The van der Waals surface area contributed by atoms with Gasteiger partial charge in [0.15, 0.2) is 23.1 Å². The summed E-state index contributed by atoms with van der Waals surface area (Å²) in [5.41, 5.74) is 5.83. The van der Waals surface area contributed by atoms with Gasteiger partial charge in [-0.2, -0.15) is 0 Å². The number of benzene rings is 2. The van der Waals surface area contributed by atoms with Crippen molar-refractivity contribution in [2.75, 3.05) is 38.3 Å². The molecule has 0 bridgehead atoms. The van der Waals surface area contributed by atoms with Gasteiger partial charge in [-0.1, -0.05) is 0 Å². The lowest BCUT2D eigenvalue weighted by Gasteiger charge is -2.18. The topological polar surface area (TPSA) is 107 Å². The fourth-order valence-electron chi connectivity index (χ4n) is 4.26. The first-order chi connectivity index (χ1) is 17.4. The number of carbonyl (C=O) groups is 2. The average Bonchev–Trinajstić information content (AvgIpc) is 3.36. The monoisotopic (exact) mass is 496 g/mol.